The molecule has 15 heavy (non-hydrogen) atoms. The minimum atomic E-state index is -3.52. The smallest absolute Gasteiger partial charge is 0.230 e. The molecule has 5 nitrogen and oxygen atoms in total. The molecule has 86 valence electrons. The molecule has 0 spiro atoms. The molecule has 0 aromatic carbocycles. The predicted molar refractivity (Wildman–Crippen MR) is 55.7 cm³/mol. The Labute approximate surface area is 89.2 Å². The van der Waals surface area contributed by atoms with Crippen LogP contribution in [0.5, 0.6) is 0 Å². The molecule has 0 atom stereocenters. The third-order valence-corrected chi connectivity index (χ3v) is 2.71. The van der Waals surface area contributed by atoms with Gasteiger partial charge in [-0.25, -0.2) is 8.42 Å². The van der Waals surface area contributed by atoms with Gasteiger partial charge in [-0.3, -0.25) is 9.52 Å². The summed E-state index contributed by atoms with van der Waals surface area (Å²) in [6, 6.07) is 0. The van der Waals surface area contributed by atoms with Crippen LogP contribution >= 0.6 is 0 Å². The van der Waals surface area contributed by atoms with Crippen molar-refractivity contribution in [3.63, 3.8) is 0 Å². The van der Waals surface area contributed by atoms with E-state index in [2.05, 4.69) is 0 Å². The van der Waals surface area contributed by atoms with Gasteiger partial charge in [0.25, 0.3) is 0 Å². The summed E-state index contributed by atoms with van der Waals surface area (Å²) in [7, 11) is -3.52. The van der Waals surface area contributed by atoms with Crippen molar-refractivity contribution in [3.05, 3.63) is 11.5 Å². The maximum atomic E-state index is 11.6. The molecular formula is C9H15NO4S. The predicted octanol–water partition coefficient (Wildman–Crippen LogP) is 0.694. The first-order chi connectivity index (χ1) is 6.61. The molecule has 2 N–H and O–H groups in total. The Kier molecular flexibility index (Phi) is 2.82. The van der Waals surface area contributed by atoms with Gasteiger partial charge in [-0.2, -0.15) is 0 Å². The first kappa shape index (κ1) is 12.0. The van der Waals surface area contributed by atoms with Gasteiger partial charge < -0.3 is 5.11 Å². The van der Waals surface area contributed by atoms with Crippen LogP contribution in [-0.4, -0.2) is 25.6 Å². The van der Waals surface area contributed by atoms with E-state index >= 15 is 0 Å². The lowest BCUT2D eigenvalue weighted by molar-refractivity contribution is -0.118. The van der Waals surface area contributed by atoms with Crippen LogP contribution in [0, 0.1) is 5.41 Å². The van der Waals surface area contributed by atoms with Crippen LogP contribution in [0.25, 0.3) is 0 Å². The summed E-state index contributed by atoms with van der Waals surface area (Å²) >= 11 is 0. The number of carbonyl (C=O) groups is 1. The van der Waals surface area contributed by atoms with Crippen molar-refractivity contribution < 1.29 is 18.3 Å². The molecule has 0 unspecified atom stereocenters. The number of ketones is 1. The number of Topliss-reactive ketones (excluding diaryl/α,β-unsaturated/α-hetero) is 1. The van der Waals surface area contributed by atoms with Crippen molar-refractivity contribution in [1.29, 1.82) is 0 Å². The Morgan fingerprint density at radius 2 is 1.87 bits per heavy atom. The Balaban J connectivity index is 3.03. The summed E-state index contributed by atoms with van der Waals surface area (Å²) in [5, 5.41) is 9.57. The maximum absolute atomic E-state index is 11.6. The minimum Gasteiger partial charge on any atom is -0.510 e. The SMILES string of the molecule is CC1(C)CC(=O)C(NS(C)(=O)=O)=C(O)C1. The van der Waals surface area contributed by atoms with Crippen molar-refractivity contribution >= 4 is 15.8 Å². The zero-order valence-corrected chi connectivity index (χ0v) is 9.81. The van der Waals surface area contributed by atoms with Crippen molar-refractivity contribution in [2.45, 2.75) is 26.7 Å². The number of nitrogens with one attached hydrogen (secondary N) is 1. The van der Waals surface area contributed by atoms with E-state index in [1.165, 1.54) is 0 Å². The van der Waals surface area contributed by atoms with Crippen molar-refractivity contribution in [2.75, 3.05) is 6.26 Å². The summed E-state index contributed by atoms with van der Waals surface area (Å²) in [6.07, 6.45) is 1.48. The van der Waals surface area contributed by atoms with Gasteiger partial charge in [0.1, 0.15) is 11.5 Å². The Hall–Kier alpha value is -1.04. The standard InChI is InChI=1S/C9H15NO4S/c1-9(2)4-6(11)8(7(12)5-9)10-15(3,13)14/h10-11H,4-5H2,1-3H3. The van der Waals surface area contributed by atoms with Crippen molar-refractivity contribution in [3.8, 4) is 0 Å². The first-order valence-corrected chi connectivity index (χ1v) is 6.43. The molecule has 0 fully saturated rings. The second kappa shape index (κ2) is 3.52. The van der Waals surface area contributed by atoms with E-state index in [9.17, 15) is 18.3 Å². The monoisotopic (exact) mass is 233 g/mol. The zero-order chi connectivity index (χ0) is 11.9. The topological polar surface area (TPSA) is 83.5 Å². The normalized spacial score (nSPS) is 21.7. The van der Waals surface area contributed by atoms with E-state index in [1.807, 2.05) is 18.6 Å². The Morgan fingerprint density at radius 1 is 1.33 bits per heavy atom. The van der Waals surface area contributed by atoms with Crippen LogP contribution in [0.3, 0.4) is 0 Å². The number of aliphatic hydroxyl groups is 1. The highest BCUT2D eigenvalue weighted by atomic mass is 32.2. The van der Waals surface area contributed by atoms with Gasteiger partial charge in [-0.15, -0.1) is 0 Å². The first-order valence-electron chi connectivity index (χ1n) is 4.54. The van der Waals surface area contributed by atoms with Crippen molar-refractivity contribution in [1.82, 2.24) is 4.72 Å². The highest BCUT2D eigenvalue weighted by Gasteiger charge is 2.34. The lowest BCUT2D eigenvalue weighted by Crippen LogP contribution is -2.34. The fraction of sp³-hybridized carbons (Fsp3) is 0.667. The third-order valence-electron chi connectivity index (χ3n) is 2.14. The molecule has 0 aromatic heterocycles. The van der Waals surface area contributed by atoms with E-state index in [0.717, 1.165) is 6.26 Å². The average Bonchev–Trinajstić information content (AvgIpc) is 1.93. The molecule has 1 aliphatic rings. The number of aliphatic hydroxyl groups excluding tert-OH is 1. The summed E-state index contributed by atoms with van der Waals surface area (Å²) in [5.74, 6) is -0.546. The molecule has 0 bridgehead atoms. The van der Waals surface area contributed by atoms with Gasteiger partial charge in [-0.05, 0) is 5.41 Å². The lowest BCUT2D eigenvalue weighted by Gasteiger charge is -2.29. The van der Waals surface area contributed by atoms with Gasteiger partial charge in [0.15, 0.2) is 5.78 Å². The molecule has 6 heteroatoms. The number of rotatable bonds is 2. The highest BCUT2D eigenvalue weighted by molar-refractivity contribution is 7.88. The average molecular weight is 233 g/mol. The maximum Gasteiger partial charge on any atom is 0.230 e. The second-order valence-corrected chi connectivity index (χ2v) is 6.39. The van der Waals surface area contributed by atoms with Crippen LogP contribution in [0.15, 0.2) is 11.5 Å². The van der Waals surface area contributed by atoms with E-state index in [1.54, 1.807) is 0 Å². The quantitative estimate of drug-likeness (QED) is 0.735. The lowest BCUT2D eigenvalue weighted by atomic mass is 9.78. The number of carbonyl (C=O) groups excluding carboxylic acids is 1. The van der Waals surface area contributed by atoms with E-state index in [0.29, 0.717) is 6.42 Å². The highest BCUT2D eigenvalue weighted by Crippen LogP contribution is 2.34. The van der Waals surface area contributed by atoms with Gasteiger partial charge in [0, 0.05) is 12.8 Å². The van der Waals surface area contributed by atoms with Gasteiger partial charge in [-0.1, -0.05) is 13.8 Å². The number of hydrogen-bond acceptors (Lipinski definition) is 4. The molecule has 0 aromatic rings. The largest absolute Gasteiger partial charge is 0.510 e. The molecule has 0 amide bonds. The van der Waals surface area contributed by atoms with Gasteiger partial charge in [0.2, 0.25) is 10.0 Å². The van der Waals surface area contributed by atoms with Gasteiger partial charge >= 0.3 is 0 Å². The molecule has 0 radical (unpaired) electrons. The fourth-order valence-electron chi connectivity index (χ4n) is 1.59. The number of sulfonamides is 1. The van der Waals surface area contributed by atoms with Gasteiger partial charge in [0.05, 0.1) is 6.26 Å². The summed E-state index contributed by atoms with van der Waals surface area (Å²) in [4.78, 5) is 11.6. The third kappa shape index (κ3) is 3.23. The molecular weight excluding hydrogens is 218 g/mol. The molecule has 1 rings (SSSR count). The number of allylic oxidation sites excluding steroid dienone is 2. The van der Waals surface area contributed by atoms with Crippen LogP contribution < -0.4 is 4.72 Å². The second-order valence-electron chi connectivity index (χ2n) is 4.64. The Morgan fingerprint density at radius 3 is 2.27 bits per heavy atom. The molecule has 0 heterocycles. The van der Waals surface area contributed by atoms with Crippen LogP contribution in [0.2, 0.25) is 0 Å². The van der Waals surface area contributed by atoms with Crippen molar-refractivity contribution in [2.24, 2.45) is 5.41 Å². The van der Waals surface area contributed by atoms with E-state index < -0.39 is 10.0 Å². The summed E-state index contributed by atoms with van der Waals surface area (Å²) in [5.41, 5.74) is -0.499. The Bertz CT molecular complexity index is 419. The summed E-state index contributed by atoms with van der Waals surface area (Å²) in [6.45, 7) is 3.69. The molecule has 0 aliphatic heterocycles. The molecule has 0 saturated carbocycles. The molecule has 1 aliphatic carbocycles. The van der Waals surface area contributed by atoms with Crippen LogP contribution in [0.1, 0.15) is 26.7 Å². The number of hydrogen-bond donors (Lipinski definition) is 2. The zero-order valence-electron chi connectivity index (χ0n) is 8.99. The van der Waals surface area contributed by atoms with E-state index in [4.69, 9.17) is 0 Å². The van der Waals surface area contributed by atoms with Crippen LogP contribution in [-0.2, 0) is 14.8 Å². The fourth-order valence-corrected chi connectivity index (χ4v) is 2.19. The van der Waals surface area contributed by atoms with Crippen LogP contribution in [0.4, 0.5) is 0 Å². The minimum absolute atomic E-state index is 0.179. The molecule has 0 saturated heterocycles. The van der Waals surface area contributed by atoms with E-state index in [-0.39, 0.29) is 29.1 Å². The summed E-state index contributed by atoms with van der Waals surface area (Å²) < 4.78 is 23.9.